The van der Waals surface area contributed by atoms with Crippen molar-refractivity contribution in [1.82, 2.24) is 15.2 Å². The molecule has 3 aromatic rings. The molecule has 1 unspecified atom stereocenters. The van der Waals surface area contributed by atoms with E-state index in [2.05, 4.69) is 57.5 Å². The lowest BCUT2D eigenvalue weighted by Gasteiger charge is -2.42. The molecule has 38 heavy (non-hydrogen) atoms. The van der Waals surface area contributed by atoms with Crippen LogP contribution in [0.5, 0.6) is 0 Å². The predicted octanol–water partition coefficient (Wildman–Crippen LogP) is 6.93. The van der Waals surface area contributed by atoms with Gasteiger partial charge in [0.2, 0.25) is 0 Å². The van der Waals surface area contributed by atoms with E-state index in [0.29, 0.717) is 25.2 Å². The summed E-state index contributed by atoms with van der Waals surface area (Å²) in [6.45, 7) is 5.32. The van der Waals surface area contributed by atoms with Crippen LogP contribution < -0.4 is 10.2 Å². The fourth-order valence-corrected chi connectivity index (χ4v) is 5.91. The van der Waals surface area contributed by atoms with Gasteiger partial charge in [-0.2, -0.15) is 0 Å². The summed E-state index contributed by atoms with van der Waals surface area (Å²) in [4.78, 5) is 22.6. The molecule has 0 bridgehead atoms. The second kappa shape index (κ2) is 13.7. The minimum Gasteiger partial charge on any atom is -0.364 e. The number of hydrogen-bond acceptors (Lipinski definition) is 5. The van der Waals surface area contributed by atoms with Crippen LogP contribution in [-0.4, -0.2) is 53.8 Å². The van der Waals surface area contributed by atoms with Crippen molar-refractivity contribution in [3.05, 3.63) is 87.9 Å². The lowest BCUT2D eigenvalue weighted by Crippen LogP contribution is -2.48. The summed E-state index contributed by atoms with van der Waals surface area (Å²) in [5.41, 5.74) is 2.40. The quantitative estimate of drug-likeness (QED) is 0.266. The van der Waals surface area contributed by atoms with E-state index in [-0.39, 0.29) is 27.3 Å². The average Bonchev–Trinajstić information content (AvgIpc) is 2.92. The first kappa shape index (κ1) is 28.7. The van der Waals surface area contributed by atoms with Gasteiger partial charge in [-0.3, -0.25) is 9.78 Å². The van der Waals surface area contributed by atoms with Crippen molar-refractivity contribution in [1.29, 1.82) is 0 Å². The number of likely N-dealkylation sites (tertiary alicyclic amines) is 1. The summed E-state index contributed by atoms with van der Waals surface area (Å²) in [5, 5.41) is 3.43. The lowest BCUT2D eigenvalue weighted by atomic mass is 9.99. The van der Waals surface area contributed by atoms with Gasteiger partial charge >= 0.3 is 0 Å². The summed E-state index contributed by atoms with van der Waals surface area (Å²) in [6.07, 6.45) is 7.76. The third-order valence-electron chi connectivity index (χ3n) is 7.14. The van der Waals surface area contributed by atoms with Crippen molar-refractivity contribution in [2.75, 3.05) is 30.8 Å². The van der Waals surface area contributed by atoms with Crippen LogP contribution in [0.3, 0.4) is 0 Å². The number of nitrogens with zero attached hydrogens (tertiary/aromatic N) is 3. The number of nitrogens with one attached hydrogen (secondary N) is 1. The van der Waals surface area contributed by atoms with E-state index in [1.807, 2.05) is 6.07 Å². The van der Waals surface area contributed by atoms with E-state index >= 15 is 0 Å². The van der Waals surface area contributed by atoms with Gasteiger partial charge in [0.15, 0.2) is 0 Å². The Morgan fingerprint density at radius 3 is 2.47 bits per heavy atom. The molecule has 1 N–H and O–H groups in total. The highest BCUT2D eigenvalue weighted by Gasteiger charge is 2.27. The highest BCUT2D eigenvalue weighted by molar-refractivity contribution is 7.98. The molecule has 1 amide bonds. The molecule has 1 saturated heterocycles. The molecule has 202 valence electrons. The second-order valence-corrected chi connectivity index (χ2v) is 11.3. The molecule has 0 radical (unpaired) electrons. The molecule has 2 aromatic carbocycles. The van der Waals surface area contributed by atoms with E-state index in [0.717, 1.165) is 43.6 Å². The predicted molar refractivity (Wildman–Crippen MR) is 156 cm³/mol. The smallest absolute Gasteiger partial charge is 0.254 e. The van der Waals surface area contributed by atoms with E-state index in [1.54, 1.807) is 23.9 Å². The van der Waals surface area contributed by atoms with E-state index in [1.165, 1.54) is 23.4 Å². The van der Waals surface area contributed by atoms with Gasteiger partial charge in [0.1, 0.15) is 5.82 Å². The number of thioether (sulfide) groups is 1. The second-order valence-electron chi connectivity index (χ2n) is 9.59. The third-order valence-corrected chi connectivity index (χ3v) is 8.45. The molecule has 5 nitrogen and oxygen atoms in total. The molecule has 0 saturated carbocycles. The van der Waals surface area contributed by atoms with Crippen LogP contribution in [0.1, 0.15) is 42.1 Å². The minimum absolute atomic E-state index is 0.204. The molecule has 0 spiro atoms. The SMILES string of the molecule is CSc1ccc(N(Cc2cccc(F)c2)C2CCN(C(C)CCNC(=O)c3c(Cl)cncc3Cl)CC2)cc1. The third kappa shape index (κ3) is 7.41. The zero-order chi connectivity index (χ0) is 27.1. The molecule has 4 rings (SSSR count). The van der Waals surface area contributed by atoms with Gasteiger partial charge in [-0.25, -0.2) is 4.39 Å². The fraction of sp³-hybridized carbons (Fsp3) is 0.379. The van der Waals surface area contributed by atoms with Crippen LogP contribution in [0, 0.1) is 5.82 Å². The van der Waals surface area contributed by atoms with Gasteiger partial charge < -0.3 is 15.1 Å². The zero-order valence-corrected chi connectivity index (χ0v) is 24.0. The maximum Gasteiger partial charge on any atom is 0.254 e. The molecule has 1 fully saturated rings. The first-order valence-electron chi connectivity index (χ1n) is 12.8. The molecule has 1 aromatic heterocycles. The Morgan fingerprint density at radius 1 is 1.16 bits per heavy atom. The largest absolute Gasteiger partial charge is 0.364 e. The number of hydrogen-bond donors (Lipinski definition) is 1. The Labute approximate surface area is 238 Å². The van der Waals surface area contributed by atoms with Crippen molar-refractivity contribution in [3.8, 4) is 0 Å². The number of aromatic nitrogens is 1. The Morgan fingerprint density at radius 2 is 1.84 bits per heavy atom. The Bertz CT molecular complexity index is 1200. The number of carbonyl (C=O) groups is 1. The summed E-state index contributed by atoms with van der Waals surface area (Å²) in [6, 6.07) is 16.2. The molecule has 2 heterocycles. The van der Waals surface area contributed by atoms with Gasteiger partial charge in [-0.15, -0.1) is 11.8 Å². The van der Waals surface area contributed by atoms with Crippen molar-refractivity contribution >= 4 is 46.6 Å². The Balaban J connectivity index is 1.34. The number of halogens is 3. The zero-order valence-electron chi connectivity index (χ0n) is 21.7. The number of piperidine rings is 1. The highest BCUT2D eigenvalue weighted by atomic mass is 35.5. The van der Waals surface area contributed by atoms with Crippen LogP contribution in [0.25, 0.3) is 0 Å². The number of benzene rings is 2. The van der Waals surface area contributed by atoms with Crippen LogP contribution in [0.15, 0.2) is 65.8 Å². The number of anilines is 1. The molecule has 1 aliphatic heterocycles. The van der Waals surface area contributed by atoms with Crippen LogP contribution in [-0.2, 0) is 6.54 Å². The first-order valence-corrected chi connectivity index (χ1v) is 14.8. The number of amides is 1. The van der Waals surface area contributed by atoms with Gasteiger partial charge in [0, 0.05) is 61.2 Å². The van der Waals surface area contributed by atoms with Crippen LogP contribution in [0.2, 0.25) is 10.0 Å². The van der Waals surface area contributed by atoms with Crippen LogP contribution in [0.4, 0.5) is 10.1 Å². The van der Waals surface area contributed by atoms with Crippen LogP contribution >= 0.6 is 35.0 Å². The number of rotatable bonds is 10. The van der Waals surface area contributed by atoms with Gasteiger partial charge in [-0.1, -0.05) is 35.3 Å². The maximum absolute atomic E-state index is 13.9. The molecule has 1 aliphatic rings. The van der Waals surface area contributed by atoms with Crippen molar-refractivity contribution in [2.24, 2.45) is 0 Å². The van der Waals surface area contributed by atoms with Crippen molar-refractivity contribution in [3.63, 3.8) is 0 Å². The molecule has 9 heteroatoms. The fourth-order valence-electron chi connectivity index (χ4n) is 4.97. The molecular weight excluding hydrogens is 542 g/mol. The van der Waals surface area contributed by atoms with Crippen molar-refractivity contribution < 1.29 is 9.18 Å². The Hall–Kier alpha value is -2.32. The van der Waals surface area contributed by atoms with Gasteiger partial charge in [0.05, 0.1) is 15.6 Å². The molecule has 1 atom stereocenters. The van der Waals surface area contributed by atoms with Crippen molar-refractivity contribution in [2.45, 2.75) is 49.7 Å². The molecule has 0 aliphatic carbocycles. The highest BCUT2D eigenvalue weighted by Crippen LogP contribution is 2.29. The van der Waals surface area contributed by atoms with E-state index < -0.39 is 0 Å². The monoisotopic (exact) mass is 574 g/mol. The van der Waals surface area contributed by atoms with Gasteiger partial charge in [-0.05, 0) is 74.4 Å². The minimum atomic E-state index is -0.284. The summed E-state index contributed by atoms with van der Waals surface area (Å²) < 4.78 is 13.9. The maximum atomic E-state index is 13.9. The first-order chi connectivity index (χ1) is 18.4. The number of pyridine rings is 1. The van der Waals surface area contributed by atoms with Gasteiger partial charge in [0.25, 0.3) is 5.91 Å². The molecular formula is C29H33Cl2FN4OS. The summed E-state index contributed by atoms with van der Waals surface area (Å²) in [7, 11) is 0. The Kier molecular flexibility index (Phi) is 10.3. The number of carbonyl (C=O) groups excluding carboxylic acids is 1. The average molecular weight is 576 g/mol. The normalized spacial score (nSPS) is 15.3. The summed E-state index contributed by atoms with van der Waals surface area (Å²) >= 11 is 13.9. The topological polar surface area (TPSA) is 48.5 Å². The summed E-state index contributed by atoms with van der Waals surface area (Å²) in [5.74, 6) is -0.488. The lowest BCUT2D eigenvalue weighted by molar-refractivity contribution is 0.0945. The van der Waals surface area contributed by atoms with E-state index in [9.17, 15) is 9.18 Å². The standard InChI is InChI=1S/C29H33Cl2FN4OS/c1-20(10-13-34-29(37)28-26(30)17-33-18-27(28)31)35-14-11-24(12-15-35)36(19-21-4-3-5-22(32)16-21)23-6-8-25(38-2)9-7-23/h3-9,16-18,20,24H,10-15,19H2,1-2H3,(H,34,37). The van der Waals surface area contributed by atoms with E-state index in [4.69, 9.17) is 23.2 Å².